The third-order valence-electron chi connectivity index (χ3n) is 3.01. The summed E-state index contributed by atoms with van der Waals surface area (Å²) in [7, 11) is 2.81. The number of carbonyl (C=O) groups excluding carboxylic acids is 3. The average Bonchev–Trinajstić information content (AvgIpc) is 2.55. The maximum Gasteiger partial charge on any atom is 0.338 e. The van der Waals surface area contributed by atoms with Gasteiger partial charge in [0.15, 0.2) is 5.76 Å². The molecule has 114 valence electrons. The third-order valence-corrected chi connectivity index (χ3v) is 3.01. The van der Waals surface area contributed by atoms with Gasteiger partial charge in [-0.3, -0.25) is 9.59 Å². The molecule has 0 aliphatic heterocycles. The summed E-state index contributed by atoms with van der Waals surface area (Å²) in [6, 6.07) is 7.00. The number of ether oxygens (including phenoxy) is 3. The summed E-state index contributed by atoms with van der Waals surface area (Å²) in [5.41, 5.74) is 0.749. The molecule has 1 aliphatic carbocycles. The number of hydrogen-bond donors (Lipinski definition) is 0. The van der Waals surface area contributed by atoms with Crippen LogP contribution in [0.2, 0.25) is 0 Å². The molecule has 0 amide bonds. The molecule has 2 rings (SSSR count). The van der Waals surface area contributed by atoms with Crippen molar-refractivity contribution >= 4 is 17.5 Å². The highest BCUT2D eigenvalue weighted by Gasteiger charge is 2.26. The molecule has 0 saturated carbocycles. The number of allylic oxidation sites excluding steroid dienone is 2. The minimum atomic E-state index is -0.809. The third kappa shape index (κ3) is 3.41. The number of methoxy groups -OCH3 is 2. The Balaban J connectivity index is 2.03. The molecule has 6 nitrogen and oxygen atoms in total. The van der Waals surface area contributed by atoms with Gasteiger partial charge in [0, 0.05) is 6.08 Å². The summed E-state index contributed by atoms with van der Waals surface area (Å²) in [4.78, 5) is 34.8. The highest BCUT2D eigenvalue weighted by molar-refractivity contribution is 6.48. The number of benzene rings is 1. The van der Waals surface area contributed by atoms with Crippen LogP contribution >= 0.6 is 0 Å². The van der Waals surface area contributed by atoms with E-state index in [-0.39, 0.29) is 17.9 Å². The SMILES string of the molecule is COC1=CC(C(=O)OCc2ccc(OC)cc2)=CC(=O)C1=O. The van der Waals surface area contributed by atoms with E-state index in [4.69, 9.17) is 14.2 Å². The first-order valence-electron chi connectivity index (χ1n) is 6.41. The van der Waals surface area contributed by atoms with Crippen LogP contribution < -0.4 is 4.74 Å². The van der Waals surface area contributed by atoms with E-state index < -0.39 is 17.5 Å². The van der Waals surface area contributed by atoms with Crippen LogP contribution in [0.15, 0.2) is 47.7 Å². The minimum absolute atomic E-state index is 0.0186. The zero-order chi connectivity index (χ0) is 16.1. The van der Waals surface area contributed by atoms with Gasteiger partial charge in [0.25, 0.3) is 5.78 Å². The second kappa shape index (κ2) is 6.71. The highest BCUT2D eigenvalue weighted by Crippen LogP contribution is 2.16. The molecule has 0 atom stereocenters. The number of hydrogen-bond acceptors (Lipinski definition) is 6. The Bertz CT molecular complexity index is 666. The molecule has 6 heteroatoms. The smallest absolute Gasteiger partial charge is 0.338 e. The Hall–Kier alpha value is -2.89. The molecule has 22 heavy (non-hydrogen) atoms. The molecule has 1 aromatic carbocycles. The second-order valence-electron chi connectivity index (χ2n) is 4.43. The van der Waals surface area contributed by atoms with Crippen LogP contribution in [0.3, 0.4) is 0 Å². The molecule has 0 spiro atoms. The number of esters is 1. The van der Waals surface area contributed by atoms with Crippen LogP contribution in [-0.4, -0.2) is 31.8 Å². The molecular formula is C16H14O6. The lowest BCUT2D eigenvalue weighted by atomic mass is 10.0. The molecule has 0 aromatic heterocycles. The van der Waals surface area contributed by atoms with E-state index >= 15 is 0 Å². The molecular weight excluding hydrogens is 288 g/mol. The van der Waals surface area contributed by atoms with Crippen molar-refractivity contribution in [1.29, 1.82) is 0 Å². The molecule has 0 fully saturated rings. The van der Waals surface area contributed by atoms with Gasteiger partial charge >= 0.3 is 5.97 Å². The lowest BCUT2D eigenvalue weighted by Crippen LogP contribution is -2.22. The van der Waals surface area contributed by atoms with Gasteiger partial charge in [-0.15, -0.1) is 0 Å². The Morgan fingerprint density at radius 3 is 2.27 bits per heavy atom. The first-order chi connectivity index (χ1) is 10.5. The van der Waals surface area contributed by atoms with Gasteiger partial charge in [-0.25, -0.2) is 4.79 Å². The molecule has 0 saturated heterocycles. The summed E-state index contributed by atoms with van der Waals surface area (Å²) in [6.45, 7) is 0.0401. The van der Waals surface area contributed by atoms with E-state index in [1.165, 1.54) is 13.2 Å². The summed E-state index contributed by atoms with van der Waals surface area (Å²) in [6.07, 6.45) is 2.14. The van der Waals surface area contributed by atoms with Crippen LogP contribution in [0.25, 0.3) is 0 Å². The zero-order valence-electron chi connectivity index (χ0n) is 12.1. The predicted molar refractivity (Wildman–Crippen MR) is 76.0 cm³/mol. The van der Waals surface area contributed by atoms with Gasteiger partial charge < -0.3 is 14.2 Å². The van der Waals surface area contributed by atoms with E-state index in [1.807, 2.05) is 0 Å². The van der Waals surface area contributed by atoms with E-state index in [2.05, 4.69) is 0 Å². The first-order valence-corrected chi connectivity index (χ1v) is 6.41. The van der Waals surface area contributed by atoms with Gasteiger partial charge in [-0.05, 0) is 23.8 Å². The Morgan fingerprint density at radius 1 is 1.00 bits per heavy atom. The largest absolute Gasteiger partial charge is 0.497 e. The summed E-state index contributed by atoms with van der Waals surface area (Å²) in [5, 5.41) is 0. The lowest BCUT2D eigenvalue weighted by Gasteiger charge is -2.11. The van der Waals surface area contributed by atoms with Crippen LogP contribution in [-0.2, 0) is 30.5 Å². The van der Waals surface area contributed by atoms with E-state index in [1.54, 1.807) is 31.4 Å². The van der Waals surface area contributed by atoms with Crippen LogP contribution in [0, 0.1) is 0 Å². The molecule has 0 heterocycles. The van der Waals surface area contributed by atoms with Crippen molar-refractivity contribution in [1.82, 2.24) is 0 Å². The van der Waals surface area contributed by atoms with Gasteiger partial charge in [-0.2, -0.15) is 0 Å². The van der Waals surface area contributed by atoms with Gasteiger partial charge in [0.1, 0.15) is 12.4 Å². The molecule has 0 N–H and O–H groups in total. The number of carbonyl (C=O) groups is 3. The predicted octanol–water partition coefficient (Wildman–Crippen LogP) is 1.35. The Kier molecular flexibility index (Phi) is 4.73. The summed E-state index contributed by atoms with van der Waals surface area (Å²) >= 11 is 0. The molecule has 0 radical (unpaired) electrons. The summed E-state index contributed by atoms with van der Waals surface area (Å²) < 4.78 is 14.9. The van der Waals surface area contributed by atoms with Crippen LogP contribution in [0.4, 0.5) is 0 Å². The standard InChI is InChI=1S/C16H14O6/c1-20-12-5-3-10(4-6-12)9-22-16(19)11-7-13(17)15(18)14(8-11)21-2/h3-8H,9H2,1-2H3. The Labute approximate surface area is 127 Å². The molecule has 0 bridgehead atoms. The van der Waals surface area contributed by atoms with Crippen molar-refractivity contribution in [2.45, 2.75) is 6.61 Å². The summed E-state index contributed by atoms with van der Waals surface area (Å²) in [5.74, 6) is -1.78. The van der Waals surface area contributed by atoms with E-state index in [9.17, 15) is 14.4 Å². The molecule has 1 aromatic rings. The van der Waals surface area contributed by atoms with Gasteiger partial charge in [0.05, 0.1) is 19.8 Å². The quantitative estimate of drug-likeness (QED) is 0.464. The van der Waals surface area contributed by atoms with Gasteiger partial charge in [0.2, 0.25) is 5.78 Å². The average molecular weight is 302 g/mol. The Morgan fingerprint density at radius 2 is 1.68 bits per heavy atom. The topological polar surface area (TPSA) is 78.9 Å². The van der Waals surface area contributed by atoms with Crippen molar-refractivity contribution in [3.63, 3.8) is 0 Å². The second-order valence-corrected chi connectivity index (χ2v) is 4.43. The van der Waals surface area contributed by atoms with Crippen molar-refractivity contribution in [2.24, 2.45) is 0 Å². The number of rotatable bonds is 5. The molecule has 0 unspecified atom stereocenters. The maximum absolute atomic E-state index is 11.9. The zero-order valence-corrected chi connectivity index (χ0v) is 12.1. The minimum Gasteiger partial charge on any atom is -0.497 e. The fourth-order valence-corrected chi connectivity index (χ4v) is 1.80. The first kappa shape index (κ1) is 15.5. The fourth-order valence-electron chi connectivity index (χ4n) is 1.80. The van der Waals surface area contributed by atoms with Crippen molar-refractivity contribution in [3.05, 3.63) is 53.3 Å². The maximum atomic E-state index is 11.9. The fraction of sp³-hybridized carbons (Fsp3) is 0.188. The molecule has 1 aliphatic rings. The monoisotopic (exact) mass is 302 g/mol. The van der Waals surface area contributed by atoms with Gasteiger partial charge in [-0.1, -0.05) is 12.1 Å². The lowest BCUT2D eigenvalue weighted by molar-refractivity contribution is -0.140. The van der Waals surface area contributed by atoms with E-state index in [0.717, 1.165) is 11.6 Å². The van der Waals surface area contributed by atoms with Crippen molar-refractivity contribution in [3.8, 4) is 5.75 Å². The highest BCUT2D eigenvalue weighted by atomic mass is 16.5. The normalized spacial score (nSPS) is 14.1. The van der Waals surface area contributed by atoms with Crippen molar-refractivity contribution < 1.29 is 28.6 Å². The van der Waals surface area contributed by atoms with Crippen LogP contribution in [0.1, 0.15) is 5.56 Å². The number of ketones is 2. The number of Topliss-reactive ketones (excluding diaryl/α,β-unsaturated/α-hetero) is 1. The van der Waals surface area contributed by atoms with E-state index in [0.29, 0.717) is 5.75 Å². The van der Waals surface area contributed by atoms with Crippen LogP contribution in [0.5, 0.6) is 5.75 Å². The van der Waals surface area contributed by atoms with Crippen molar-refractivity contribution in [2.75, 3.05) is 14.2 Å².